The van der Waals surface area contributed by atoms with Gasteiger partial charge in [-0.2, -0.15) is 0 Å². The van der Waals surface area contributed by atoms with Gasteiger partial charge in [0.1, 0.15) is 11.5 Å². The summed E-state index contributed by atoms with van der Waals surface area (Å²) < 4.78 is 49.8. The summed E-state index contributed by atoms with van der Waals surface area (Å²) >= 11 is 0. The molecule has 0 aliphatic heterocycles. The predicted octanol–water partition coefficient (Wildman–Crippen LogP) is 3.52. The standard InChI is InChI=1S/C16H14F3NO3/c1-2-22-10-4-3-5-11(8-10)23-9-14(21)20-13-7-6-12(17)15(18)16(13)19/h3-8H,2,9H2,1H3,(H,20,21). The van der Waals surface area contributed by atoms with E-state index in [9.17, 15) is 18.0 Å². The Labute approximate surface area is 130 Å². The van der Waals surface area contributed by atoms with Crippen molar-refractivity contribution in [3.8, 4) is 11.5 Å². The van der Waals surface area contributed by atoms with Crippen molar-refractivity contribution in [2.45, 2.75) is 6.92 Å². The minimum absolute atomic E-state index is 0.386. The number of benzene rings is 2. The van der Waals surface area contributed by atoms with Gasteiger partial charge in [0.05, 0.1) is 12.3 Å². The van der Waals surface area contributed by atoms with Crippen LogP contribution in [0.2, 0.25) is 0 Å². The Hall–Kier alpha value is -2.70. The van der Waals surface area contributed by atoms with Crippen LogP contribution in [-0.4, -0.2) is 19.1 Å². The number of carbonyl (C=O) groups is 1. The Morgan fingerprint density at radius 2 is 1.74 bits per heavy atom. The molecule has 0 fully saturated rings. The maximum atomic E-state index is 13.4. The minimum Gasteiger partial charge on any atom is -0.494 e. The molecular formula is C16H14F3NO3. The topological polar surface area (TPSA) is 47.6 Å². The normalized spacial score (nSPS) is 10.3. The number of hydrogen-bond acceptors (Lipinski definition) is 3. The maximum Gasteiger partial charge on any atom is 0.262 e. The van der Waals surface area contributed by atoms with Crippen molar-refractivity contribution < 1.29 is 27.4 Å². The van der Waals surface area contributed by atoms with Crippen molar-refractivity contribution in [2.75, 3.05) is 18.5 Å². The molecule has 0 bridgehead atoms. The number of halogens is 3. The van der Waals surface area contributed by atoms with E-state index in [2.05, 4.69) is 5.32 Å². The van der Waals surface area contributed by atoms with E-state index in [1.54, 1.807) is 24.3 Å². The zero-order valence-corrected chi connectivity index (χ0v) is 12.2. The number of ether oxygens (including phenoxy) is 2. The molecule has 122 valence electrons. The number of rotatable bonds is 6. The third kappa shape index (κ3) is 4.38. The molecule has 0 radical (unpaired) electrons. The fourth-order valence-corrected chi connectivity index (χ4v) is 1.78. The second-order valence-corrected chi connectivity index (χ2v) is 4.47. The van der Waals surface area contributed by atoms with Gasteiger partial charge in [0, 0.05) is 6.07 Å². The molecule has 1 N–H and O–H groups in total. The summed E-state index contributed by atoms with van der Waals surface area (Å²) in [6, 6.07) is 8.28. The first-order valence-corrected chi connectivity index (χ1v) is 6.80. The third-order valence-electron chi connectivity index (χ3n) is 2.80. The maximum absolute atomic E-state index is 13.4. The average Bonchev–Trinajstić information content (AvgIpc) is 2.54. The van der Waals surface area contributed by atoms with Crippen molar-refractivity contribution in [1.82, 2.24) is 0 Å². The van der Waals surface area contributed by atoms with Crippen LogP contribution in [0.1, 0.15) is 6.92 Å². The van der Waals surface area contributed by atoms with Gasteiger partial charge in [-0.25, -0.2) is 13.2 Å². The zero-order valence-electron chi connectivity index (χ0n) is 12.2. The van der Waals surface area contributed by atoms with Crippen molar-refractivity contribution >= 4 is 11.6 Å². The molecule has 0 atom stereocenters. The molecule has 0 aromatic heterocycles. The quantitative estimate of drug-likeness (QED) is 0.827. The van der Waals surface area contributed by atoms with Crippen molar-refractivity contribution in [3.63, 3.8) is 0 Å². The largest absolute Gasteiger partial charge is 0.494 e. The van der Waals surface area contributed by atoms with E-state index in [0.29, 0.717) is 18.1 Å². The van der Waals surface area contributed by atoms with E-state index in [4.69, 9.17) is 9.47 Å². The van der Waals surface area contributed by atoms with Crippen molar-refractivity contribution in [2.24, 2.45) is 0 Å². The van der Waals surface area contributed by atoms with E-state index in [1.807, 2.05) is 6.92 Å². The lowest BCUT2D eigenvalue weighted by Gasteiger charge is -2.10. The van der Waals surface area contributed by atoms with Gasteiger partial charge in [-0.15, -0.1) is 0 Å². The van der Waals surface area contributed by atoms with Gasteiger partial charge in [0.2, 0.25) is 0 Å². The smallest absolute Gasteiger partial charge is 0.262 e. The summed E-state index contributed by atoms with van der Waals surface area (Å²) in [5.41, 5.74) is -0.458. The first-order valence-electron chi connectivity index (χ1n) is 6.80. The second kappa shape index (κ2) is 7.53. The molecule has 0 spiro atoms. The van der Waals surface area contributed by atoms with Crippen LogP contribution in [-0.2, 0) is 4.79 Å². The number of carbonyl (C=O) groups excluding carboxylic acids is 1. The average molecular weight is 325 g/mol. The van der Waals surface area contributed by atoms with Crippen LogP contribution in [0.4, 0.5) is 18.9 Å². The molecule has 0 heterocycles. The van der Waals surface area contributed by atoms with E-state index in [1.165, 1.54) is 0 Å². The zero-order chi connectivity index (χ0) is 16.8. The highest BCUT2D eigenvalue weighted by atomic mass is 19.2. The van der Waals surface area contributed by atoms with Crippen LogP contribution in [0, 0.1) is 17.5 Å². The Morgan fingerprint density at radius 3 is 2.43 bits per heavy atom. The Bertz CT molecular complexity index is 707. The molecule has 0 saturated carbocycles. The minimum atomic E-state index is -1.65. The summed E-state index contributed by atoms with van der Waals surface area (Å²) in [5.74, 6) is -4.18. The van der Waals surface area contributed by atoms with Crippen LogP contribution < -0.4 is 14.8 Å². The summed E-state index contributed by atoms with van der Waals surface area (Å²) in [5, 5.41) is 2.11. The van der Waals surface area contributed by atoms with E-state index >= 15 is 0 Å². The molecule has 23 heavy (non-hydrogen) atoms. The molecule has 0 aliphatic rings. The molecule has 7 heteroatoms. The Kier molecular flexibility index (Phi) is 5.46. The second-order valence-electron chi connectivity index (χ2n) is 4.47. The first-order chi connectivity index (χ1) is 11.0. The highest BCUT2D eigenvalue weighted by molar-refractivity contribution is 5.92. The van der Waals surface area contributed by atoms with Crippen molar-refractivity contribution in [3.05, 3.63) is 53.8 Å². The SMILES string of the molecule is CCOc1cccc(OCC(=O)Nc2ccc(F)c(F)c2F)c1. The predicted molar refractivity (Wildman–Crippen MR) is 78.1 cm³/mol. The third-order valence-corrected chi connectivity index (χ3v) is 2.80. The Morgan fingerprint density at radius 1 is 1.04 bits per heavy atom. The number of nitrogens with one attached hydrogen (secondary N) is 1. The lowest BCUT2D eigenvalue weighted by atomic mass is 10.3. The van der Waals surface area contributed by atoms with Crippen LogP contribution in [0.3, 0.4) is 0 Å². The van der Waals surface area contributed by atoms with Gasteiger partial charge in [-0.05, 0) is 31.2 Å². The fourth-order valence-electron chi connectivity index (χ4n) is 1.78. The summed E-state index contributed by atoms with van der Waals surface area (Å²) in [4.78, 5) is 11.7. The molecule has 2 aromatic rings. The summed E-state index contributed by atoms with van der Waals surface area (Å²) in [6.45, 7) is 1.89. The molecule has 2 rings (SSSR count). The van der Waals surface area contributed by atoms with Gasteiger partial charge in [0.25, 0.3) is 5.91 Å². The molecule has 0 unspecified atom stereocenters. The van der Waals surface area contributed by atoms with E-state index < -0.39 is 35.7 Å². The van der Waals surface area contributed by atoms with Crippen LogP contribution in [0.5, 0.6) is 11.5 Å². The molecule has 1 amide bonds. The molecule has 4 nitrogen and oxygen atoms in total. The van der Waals surface area contributed by atoms with Crippen LogP contribution in [0.15, 0.2) is 36.4 Å². The van der Waals surface area contributed by atoms with Crippen molar-refractivity contribution in [1.29, 1.82) is 0 Å². The van der Waals surface area contributed by atoms with Gasteiger partial charge in [-0.1, -0.05) is 6.07 Å². The van der Waals surface area contributed by atoms with E-state index in [-0.39, 0.29) is 0 Å². The molecular weight excluding hydrogens is 311 g/mol. The van der Waals surface area contributed by atoms with E-state index in [0.717, 1.165) is 12.1 Å². The fraction of sp³-hybridized carbons (Fsp3) is 0.188. The van der Waals surface area contributed by atoms with Crippen LogP contribution >= 0.6 is 0 Å². The number of hydrogen-bond donors (Lipinski definition) is 1. The highest BCUT2D eigenvalue weighted by Gasteiger charge is 2.15. The molecule has 2 aromatic carbocycles. The number of amides is 1. The van der Waals surface area contributed by atoms with Gasteiger partial charge in [0.15, 0.2) is 24.1 Å². The monoisotopic (exact) mass is 325 g/mol. The van der Waals surface area contributed by atoms with Gasteiger partial charge < -0.3 is 14.8 Å². The van der Waals surface area contributed by atoms with Crippen LogP contribution in [0.25, 0.3) is 0 Å². The lowest BCUT2D eigenvalue weighted by Crippen LogP contribution is -2.21. The summed E-state index contributed by atoms with van der Waals surface area (Å²) in [7, 11) is 0. The first kappa shape index (κ1) is 16.7. The Balaban J connectivity index is 1.95. The highest BCUT2D eigenvalue weighted by Crippen LogP contribution is 2.21. The molecule has 0 aliphatic carbocycles. The van der Waals surface area contributed by atoms with Gasteiger partial charge >= 0.3 is 0 Å². The molecule has 0 saturated heterocycles. The number of anilines is 1. The van der Waals surface area contributed by atoms with Gasteiger partial charge in [-0.3, -0.25) is 4.79 Å². The lowest BCUT2D eigenvalue weighted by molar-refractivity contribution is -0.118. The summed E-state index contributed by atoms with van der Waals surface area (Å²) in [6.07, 6.45) is 0.